The van der Waals surface area contributed by atoms with Gasteiger partial charge in [-0.05, 0) is 6.07 Å². The summed E-state index contributed by atoms with van der Waals surface area (Å²) in [6.07, 6.45) is 1.37. The molecule has 0 spiro atoms. The summed E-state index contributed by atoms with van der Waals surface area (Å²) in [5.41, 5.74) is 2.03. The summed E-state index contributed by atoms with van der Waals surface area (Å²) in [5, 5.41) is 0.770. The summed E-state index contributed by atoms with van der Waals surface area (Å²) in [6, 6.07) is 7.38. The maximum atomic E-state index is 12.3. The molecule has 1 aliphatic rings. The molecule has 18 heavy (non-hydrogen) atoms. The van der Waals surface area contributed by atoms with E-state index in [-0.39, 0.29) is 23.0 Å². The van der Waals surface area contributed by atoms with Crippen molar-refractivity contribution in [2.24, 2.45) is 0 Å². The largest absolute Gasteiger partial charge is 0.351 e. The Kier molecular flexibility index (Phi) is 1.53. The van der Waals surface area contributed by atoms with Crippen LogP contribution in [0.5, 0.6) is 0 Å². The fraction of sp³-hybridized carbons (Fsp3) is 0. The van der Waals surface area contributed by atoms with Gasteiger partial charge in [-0.1, -0.05) is 18.2 Å². The standard InChI is InChI=1S/C13H7N3O2/c17-12-8-6-3-1-2-4-7(6)16-9(8)13(18)11-10(12)14-5-15-11/h1-5,16H,(H,14,15). The van der Waals surface area contributed by atoms with Crippen molar-refractivity contribution in [2.75, 3.05) is 0 Å². The third-order valence-corrected chi connectivity index (χ3v) is 3.24. The smallest absolute Gasteiger partial charge is 0.230 e. The van der Waals surface area contributed by atoms with Crippen molar-refractivity contribution < 1.29 is 9.59 Å². The SMILES string of the molecule is O=C1c2nc[nH]c2C(=O)c2c1[nH]c1ccccc21. The zero-order valence-corrected chi connectivity index (χ0v) is 9.15. The number of hydrogen-bond acceptors (Lipinski definition) is 3. The molecule has 2 N–H and O–H groups in total. The molecular formula is C13H7N3O2. The summed E-state index contributed by atoms with van der Waals surface area (Å²) in [4.78, 5) is 34.2. The zero-order chi connectivity index (χ0) is 12.3. The highest BCUT2D eigenvalue weighted by Gasteiger charge is 2.35. The van der Waals surface area contributed by atoms with Crippen molar-refractivity contribution in [1.29, 1.82) is 0 Å². The molecule has 0 fully saturated rings. The van der Waals surface area contributed by atoms with Crippen molar-refractivity contribution >= 4 is 22.5 Å². The van der Waals surface area contributed by atoms with Crippen LogP contribution in [0.25, 0.3) is 10.9 Å². The molecule has 2 aromatic heterocycles. The van der Waals surface area contributed by atoms with Gasteiger partial charge in [-0.15, -0.1) is 0 Å². The normalized spacial score (nSPS) is 13.8. The number of nitrogens with one attached hydrogen (secondary N) is 2. The molecule has 5 nitrogen and oxygen atoms in total. The van der Waals surface area contributed by atoms with E-state index in [2.05, 4.69) is 15.0 Å². The number of hydrogen-bond donors (Lipinski definition) is 2. The number of fused-ring (bicyclic) bond motifs is 4. The molecule has 5 heteroatoms. The fourth-order valence-electron chi connectivity index (χ4n) is 2.43. The van der Waals surface area contributed by atoms with Gasteiger partial charge < -0.3 is 9.97 Å². The second kappa shape index (κ2) is 2.95. The topological polar surface area (TPSA) is 78.6 Å². The Balaban J connectivity index is 2.15. The Hall–Kier alpha value is -2.69. The lowest BCUT2D eigenvalue weighted by atomic mass is 9.94. The average Bonchev–Trinajstić information content (AvgIpc) is 3.00. The number of carbonyl (C=O) groups excluding carboxylic acids is 2. The van der Waals surface area contributed by atoms with Crippen molar-refractivity contribution in [2.45, 2.75) is 0 Å². The highest BCUT2D eigenvalue weighted by atomic mass is 16.1. The second-order valence-corrected chi connectivity index (χ2v) is 4.20. The summed E-state index contributed by atoms with van der Waals surface area (Å²) >= 11 is 0. The molecule has 1 aromatic carbocycles. The van der Waals surface area contributed by atoms with Crippen LogP contribution in [-0.4, -0.2) is 26.5 Å². The van der Waals surface area contributed by atoms with Gasteiger partial charge in [0.2, 0.25) is 11.6 Å². The Morgan fingerprint density at radius 1 is 1.00 bits per heavy atom. The van der Waals surface area contributed by atoms with E-state index in [1.165, 1.54) is 6.33 Å². The molecule has 0 bridgehead atoms. The molecule has 3 aromatic rings. The highest BCUT2D eigenvalue weighted by Crippen LogP contribution is 2.30. The molecule has 1 aliphatic carbocycles. The van der Waals surface area contributed by atoms with Gasteiger partial charge in [0.25, 0.3) is 0 Å². The van der Waals surface area contributed by atoms with Crippen molar-refractivity contribution in [1.82, 2.24) is 15.0 Å². The Morgan fingerprint density at radius 2 is 1.83 bits per heavy atom. The minimum atomic E-state index is -0.239. The number of rotatable bonds is 0. The summed E-state index contributed by atoms with van der Waals surface area (Å²) in [5.74, 6) is -0.424. The van der Waals surface area contributed by atoms with E-state index in [1.54, 1.807) is 0 Å². The lowest BCUT2D eigenvalue weighted by molar-refractivity contribution is 0.0973. The van der Waals surface area contributed by atoms with Gasteiger partial charge in [0.05, 0.1) is 11.9 Å². The summed E-state index contributed by atoms with van der Waals surface area (Å²) < 4.78 is 0. The molecule has 4 rings (SSSR count). The lowest BCUT2D eigenvalue weighted by Gasteiger charge is -2.08. The van der Waals surface area contributed by atoms with Crippen LogP contribution in [0.15, 0.2) is 30.6 Å². The third kappa shape index (κ3) is 0.940. The maximum absolute atomic E-state index is 12.3. The number of benzene rings is 1. The van der Waals surface area contributed by atoms with Crippen LogP contribution in [0.1, 0.15) is 32.2 Å². The van der Waals surface area contributed by atoms with E-state index < -0.39 is 0 Å². The lowest BCUT2D eigenvalue weighted by Crippen LogP contribution is -2.20. The first kappa shape index (κ1) is 9.35. The third-order valence-electron chi connectivity index (χ3n) is 3.24. The molecule has 0 amide bonds. The molecule has 0 atom stereocenters. The van der Waals surface area contributed by atoms with E-state index in [1.807, 2.05) is 24.3 Å². The van der Waals surface area contributed by atoms with E-state index in [9.17, 15) is 9.59 Å². The van der Waals surface area contributed by atoms with Gasteiger partial charge >= 0.3 is 0 Å². The van der Waals surface area contributed by atoms with Crippen LogP contribution >= 0.6 is 0 Å². The van der Waals surface area contributed by atoms with Crippen molar-refractivity contribution in [3.05, 3.63) is 53.2 Å². The van der Waals surface area contributed by atoms with Gasteiger partial charge in [-0.3, -0.25) is 9.59 Å². The Morgan fingerprint density at radius 3 is 2.72 bits per heavy atom. The van der Waals surface area contributed by atoms with Gasteiger partial charge in [-0.2, -0.15) is 0 Å². The zero-order valence-electron chi connectivity index (χ0n) is 9.15. The molecular weight excluding hydrogens is 230 g/mol. The van der Waals surface area contributed by atoms with Crippen LogP contribution in [0.3, 0.4) is 0 Å². The predicted octanol–water partition coefficient (Wildman–Crippen LogP) is 1.67. The number of carbonyl (C=O) groups is 2. The number of aromatic amines is 2. The number of nitrogens with zero attached hydrogens (tertiary/aromatic N) is 1. The minimum absolute atomic E-state index is 0.186. The van der Waals surface area contributed by atoms with E-state index >= 15 is 0 Å². The van der Waals surface area contributed by atoms with Crippen LogP contribution in [0, 0.1) is 0 Å². The minimum Gasteiger partial charge on any atom is -0.351 e. The number of imidazole rings is 1. The van der Waals surface area contributed by atoms with Crippen LogP contribution < -0.4 is 0 Å². The molecule has 0 radical (unpaired) electrons. The van der Waals surface area contributed by atoms with Gasteiger partial charge in [0.1, 0.15) is 17.1 Å². The second-order valence-electron chi connectivity index (χ2n) is 4.20. The van der Waals surface area contributed by atoms with Crippen LogP contribution in [-0.2, 0) is 0 Å². The fourth-order valence-corrected chi connectivity index (χ4v) is 2.43. The number of aromatic nitrogens is 3. The number of para-hydroxylation sites is 1. The van der Waals surface area contributed by atoms with E-state index in [0.29, 0.717) is 11.3 Å². The Bertz CT molecular complexity index is 826. The maximum Gasteiger partial charge on any atom is 0.230 e. The van der Waals surface area contributed by atoms with E-state index in [4.69, 9.17) is 0 Å². The first-order valence-corrected chi connectivity index (χ1v) is 5.51. The van der Waals surface area contributed by atoms with Crippen molar-refractivity contribution in [3.8, 4) is 0 Å². The highest BCUT2D eigenvalue weighted by molar-refractivity contribution is 6.30. The van der Waals surface area contributed by atoms with Gasteiger partial charge in [-0.25, -0.2) is 4.98 Å². The quantitative estimate of drug-likeness (QED) is 0.488. The van der Waals surface area contributed by atoms with Gasteiger partial charge in [0.15, 0.2) is 0 Å². The summed E-state index contributed by atoms with van der Waals surface area (Å²) in [7, 11) is 0. The molecule has 0 unspecified atom stereocenters. The molecule has 0 saturated heterocycles. The van der Waals surface area contributed by atoms with Crippen LogP contribution in [0.4, 0.5) is 0 Å². The monoisotopic (exact) mass is 237 g/mol. The molecule has 0 aliphatic heterocycles. The number of ketones is 2. The summed E-state index contributed by atoms with van der Waals surface area (Å²) in [6.45, 7) is 0. The first-order chi connectivity index (χ1) is 8.77. The van der Waals surface area contributed by atoms with Gasteiger partial charge in [0, 0.05) is 10.9 Å². The van der Waals surface area contributed by atoms with E-state index in [0.717, 1.165) is 10.9 Å². The predicted molar refractivity (Wildman–Crippen MR) is 63.8 cm³/mol. The average molecular weight is 237 g/mol. The number of H-pyrrole nitrogens is 2. The molecule has 86 valence electrons. The molecule has 2 heterocycles. The van der Waals surface area contributed by atoms with Crippen LogP contribution in [0.2, 0.25) is 0 Å². The Labute approximate surface area is 101 Å². The molecule has 0 saturated carbocycles. The van der Waals surface area contributed by atoms with Crippen molar-refractivity contribution in [3.63, 3.8) is 0 Å². The first-order valence-electron chi connectivity index (χ1n) is 5.51.